The lowest BCUT2D eigenvalue weighted by atomic mass is 10.2. The lowest BCUT2D eigenvalue weighted by Crippen LogP contribution is -2.21. The third-order valence-corrected chi connectivity index (χ3v) is 4.80. The number of carboxylic acid groups (broad SMARTS) is 1. The molecule has 4 rings (SSSR count). The van der Waals surface area contributed by atoms with Crippen molar-refractivity contribution in [3.05, 3.63) is 69.6 Å². The minimum Gasteiger partial charge on any atom is -0.490 e. The van der Waals surface area contributed by atoms with Gasteiger partial charge in [0.15, 0.2) is 0 Å². The van der Waals surface area contributed by atoms with Crippen molar-refractivity contribution < 1.29 is 14.6 Å². The van der Waals surface area contributed by atoms with E-state index in [1.165, 1.54) is 0 Å². The number of ether oxygens (including phenoxy) is 1. The molecule has 2 aromatic carbocycles. The number of halogens is 1. The summed E-state index contributed by atoms with van der Waals surface area (Å²) in [5.41, 5.74) is 1.21. The van der Waals surface area contributed by atoms with Gasteiger partial charge in [0.25, 0.3) is 5.56 Å². The monoisotopic (exact) mass is 412 g/mol. The first kappa shape index (κ1) is 18.9. The van der Waals surface area contributed by atoms with Crippen LogP contribution in [0.4, 0.5) is 0 Å². The molecule has 29 heavy (non-hydrogen) atoms. The Balaban J connectivity index is 1.70. The molecule has 0 unspecified atom stereocenters. The quantitative estimate of drug-likeness (QED) is 0.501. The number of imidazole rings is 1. The number of hydrogen-bond acceptors (Lipinski definition) is 5. The predicted molar refractivity (Wildman–Crippen MR) is 108 cm³/mol. The molecule has 2 heterocycles. The fraction of sp³-hybridized carbons (Fsp3) is 0.200. The molecule has 1 N–H and O–H groups in total. The van der Waals surface area contributed by atoms with Gasteiger partial charge < -0.3 is 14.4 Å². The molecule has 0 saturated heterocycles. The smallest absolute Gasteiger partial charge is 0.303 e. The minimum atomic E-state index is -0.990. The van der Waals surface area contributed by atoms with Gasteiger partial charge in [-0.3, -0.25) is 9.59 Å². The fourth-order valence-corrected chi connectivity index (χ4v) is 3.33. The molecule has 148 valence electrons. The van der Waals surface area contributed by atoms with E-state index in [2.05, 4.69) is 10.1 Å². The van der Waals surface area contributed by atoms with Crippen molar-refractivity contribution in [3.8, 4) is 5.75 Å². The first-order valence-corrected chi connectivity index (χ1v) is 9.38. The van der Waals surface area contributed by atoms with E-state index in [0.717, 1.165) is 11.0 Å². The average Bonchev–Trinajstić information content (AvgIpc) is 3.00. The fourth-order valence-electron chi connectivity index (χ4n) is 3.14. The second-order valence-electron chi connectivity index (χ2n) is 6.39. The highest BCUT2D eigenvalue weighted by Gasteiger charge is 2.16. The first-order valence-electron chi connectivity index (χ1n) is 9.01. The largest absolute Gasteiger partial charge is 0.490 e. The Labute approximate surface area is 169 Å². The molecule has 0 aliphatic heterocycles. The normalized spacial score (nSPS) is 11.2. The van der Waals surface area contributed by atoms with Crippen LogP contribution in [0, 0.1) is 0 Å². The van der Waals surface area contributed by atoms with Crippen LogP contribution >= 0.6 is 11.6 Å². The van der Waals surface area contributed by atoms with Gasteiger partial charge in [0.1, 0.15) is 18.1 Å². The van der Waals surface area contributed by atoms with E-state index in [1.807, 2.05) is 41.0 Å². The number of benzene rings is 2. The number of aryl methyl sites for hydroxylation is 1. The number of hydrogen-bond donors (Lipinski definition) is 1. The van der Waals surface area contributed by atoms with Crippen LogP contribution < -0.4 is 10.3 Å². The summed E-state index contributed by atoms with van der Waals surface area (Å²) >= 11 is 6.12. The van der Waals surface area contributed by atoms with E-state index in [1.54, 1.807) is 16.6 Å². The van der Waals surface area contributed by atoms with E-state index in [0.29, 0.717) is 29.7 Å². The van der Waals surface area contributed by atoms with Crippen molar-refractivity contribution in [3.63, 3.8) is 0 Å². The molecular formula is C20H17ClN4O4. The second kappa shape index (κ2) is 7.92. The Morgan fingerprint density at radius 3 is 2.59 bits per heavy atom. The number of para-hydroxylation sites is 3. The van der Waals surface area contributed by atoms with Gasteiger partial charge in [-0.2, -0.15) is 14.6 Å². The Morgan fingerprint density at radius 1 is 1.10 bits per heavy atom. The van der Waals surface area contributed by atoms with Gasteiger partial charge in [-0.1, -0.05) is 35.9 Å². The topological polar surface area (TPSA) is 98.7 Å². The van der Waals surface area contributed by atoms with Crippen molar-refractivity contribution >= 4 is 34.4 Å². The molecule has 0 aliphatic carbocycles. The maximum atomic E-state index is 12.4. The summed E-state index contributed by atoms with van der Waals surface area (Å²) < 4.78 is 9.19. The molecule has 0 bridgehead atoms. The molecule has 0 fully saturated rings. The highest BCUT2D eigenvalue weighted by molar-refractivity contribution is 6.32. The molecule has 8 nitrogen and oxygen atoms in total. The van der Waals surface area contributed by atoms with Crippen molar-refractivity contribution in [2.24, 2.45) is 0 Å². The maximum absolute atomic E-state index is 12.4. The molecule has 0 aliphatic rings. The lowest BCUT2D eigenvalue weighted by Gasteiger charge is -2.09. The maximum Gasteiger partial charge on any atom is 0.303 e. The number of carbonyl (C=O) groups is 1. The molecule has 0 amide bonds. The van der Waals surface area contributed by atoms with Gasteiger partial charge in [0.05, 0.1) is 29.0 Å². The van der Waals surface area contributed by atoms with Gasteiger partial charge in [-0.05, 0) is 24.3 Å². The summed E-state index contributed by atoms with van der Waals surface area (Å²) in [6.07, 6.45) is -0.153. The molecular weight excluding hydrogens is 396 g/mol. The molecule has 0 saturated carbocycles. The second-order valence-corrected chi connectivity index (χ2v) is 6.80. The summed E-state index contributed by atoms with van der Waals surface area (Å²) in [4.78, 5) is 27.4. The number of nitrogens with zero attached hydrogens (tertiary/aromatic N) is 4. The number of aromatic nitrogens is 4. The van der Waals surface area contributed by atoms with E-state index < -0.39 is 11.5 Å². The highest BCUT2D eigenvalue weighted by atomic mass is 35.5. The average molecular weight is 413 g/mol. The Morgan fingerprint density at radius 2 is 1.83 bits per heavy atom. The van der Waals surface area contributed by atoms with Crippen LogP contribution in [0.15, 0.2) is 53.3 Å². The van der Waals surface area contributed by atoms with Crippen molar-refractivity contribution in [2.45, 2.75) is 19.4 Å². The van der Waals surface area contributed by atoms with Gasteiger partial charge in [0, 0.05) is 6.42 Å². The molecule has 0 atom stereocenters. The molecule has 4 aromatic rings. The summed E-state index contributed by atoms with van der Waals surface area (Å²) in [5, 5.41) is 13.8. The van der Waals surface area contributed by atoms with Crippen LogP contribution in [0.5, 0.6) is 5.75 Å². The summed E-state index contributed by atoms with van der Waals surface area (Å²) in [6, 6.07) is 14.7. The number of carboxylic acids is 1. The summed E-state index contributed by atoms with van der Waals surface area (Å²) in [5.74, 6) is -0.0392. The molecule has 0 spiro atoms. The van der Waals surface area contributed by atoms with Crippen LogP contribution in [0.25, 0.3) is 16.8 Å². The van der Waals surface area contributed by atoms with Gasteiger partial charge in [0.2, 0.25) is 5.78 Å². The zero-order valence-corrected chi connectivity index (χ0v) is 16.0. The summed E-state index contributed by atoms with van der Waals surface area (Å²) in [6.45, 7) is 0.736. The van der Waals surface area contributed by atoms with Crippen LogP contribution in [-0.4, -0.2) is 36.8 Å². The molecule has 9 heteroatoms. The zero-order valence-electron chi connectivity index (χ0n) is 15.3. The van der Waals surface area contributed by atoms with Gasteiger partial charge >= 0.3 is 5.97 Å². The van der Waals surface area contributed by atoms with Crippen LogP contribution in [-0.2, 0) is 17.8 Å². The van der Waals surface area contributed by atoms with Crippen molar-refractivity contribution in [1.29, 1.82) is 0 Å². The van der Waals surface area contributed by atoms with Crippen molar-refractivity contribution in [1.82, 2.24) is 19.2 Å². The Hall–Kier alpha value is -3.39. The standard InChI is InChI=1S/C20H17ClN4O4/c21-13-5-1-4-8-17(13)29-12-11-24-15-6-2-3-7-16(15)25-20(24)22-19(28)14(23-25)9-10-18(26)27/h1-8H,9-12H2,(H,26,27). The van der Waals surface area contributed by atoms with Crippen LogP contribution in [0.1, 0.15) is 12.1 Å². The molecule has 2 aromatic heterocycles. The van der Waals surface area contributed by atoms with Gasteiger partial charge in [-0.15, -0.1) is 0 Å². The number of aliphatic carboxylic acids is 1. The third kappa shape index (κ3) is 3.79. The first-order chi connectivity index (χ1) is 14.0. The SMILES string of the molecule is O=C(O)CCc1nn2c3ccccc3n(CCOc3ccccc3Cl)c2nc1=O. The lowest BCUT2D eigenvalue weighted by molar-refractivity contribution is -0.136. The Bertz CT molecular complexity index is 1260. The highest BCUT2D eigenvalue weighted by Crippen LogP contribution is 2.23. The number of rotatable bonds is 7. The van der Waals surface area contributed by atoms with Gasteiger partial charge in [-0.25, -0.2) is 0 Å². The minimum absolute atomic E-state index is 0.0270. The van der Waals surface area contributed by atoms with E-state index >= 15 is 0 Å². The van der Waals surface area contributed by atoms with E-state index in [9.17, 15) is 9.59 Å². The molecule has 0 radical (unpaired) electrons. The van der Waals surface area contributed by atoms with Crippen LogP contribution in [0.2, 0.25) is 5.02 Å². The van der Waals surface area contributed by atoms with E-state index in [-0.39, 0.29) is 18.5 Å². The third-order valence-electron chi connectivity index (χ3n) is 4.49. The van der Waals surface area contributed by atoms with Crippen molar-refractivity contribution in [2.75, 3.05) is 6.61 Å². The number of fused-ring (bicyclic) bond motifs is 3. The van der Waals surface area contributed by atoms with E-state index in [4.69, 9.17) is 21.4 Å². The summed E-state index contributed by atoms with van der Waals surface area (Å²) in [7, 11) is 0. The van der Waals surface area contributed by atoms with Crippen LogP contribution in [0.3, 0.4) is 0 Å². The predicted octanol–water partition coefficient (Wildman–Crippen LogP) is 2.79. The zero-order chi connectivity index (χ0) is 20.4. The Kier molecular flexibility index (Phi) is 5.18.